The predicted octanol–water partition coefficient (Wildman–Crippen LogP) is 3.67. The van der Waals surface area contributed by atoms with E-state index in [9.17, 15) is 9.90 Å². The first-order valence-corrected chi connectivity index (χ1v) is 7.93. The Kier molecular flexibility index (Phi) is 7.88. The van der Waals surface area contributed by atoms with E-state index in [-0.39, 0.29) is 5.56 Å². The molecule has 1 rings (SSSR count). The molecule has 0 bridgehead atoms. The molecule has 0 aliphatic carbocycles. The number of hydrogen-bond acceptors (Lipinski definition) is 3. The summed E-state index contributed by atoms with van der Waals surface area (Å²) in [4.78, 5) is 10.6. The lowest BCUT2D eigenvalue weighted by molar-refractivity contribution is -0.255. The van der Waals surface area contributed by atoms with Gasteiger partial charge in [-0.15, -0.1) is 0 Å². The second kappa shape index (κ2) is 9.43. The van der Waals surface area contributed by atoms with Crippen molar-refractivity contribution in [2.45, 2.75) is 52.9 Å². The predicted molar refractivity (Wildman–Crippen MR) is 83.4 cm³/mol. The van der Waals surface area contributed by atoms with E-state index in [1.54, 1.807) is 12.1 Å². The normalized spacial score (nSPS) is 12.4. The Labute approximate surface area is 128 Å². The van der Waals surface area contributed by atoms with Crippen molar-refractivity contribution in [3.8, 4) is 5.75 Å². The maximum absolute atomic E-state index is 10.6. The zero-order chi connectivity index (χ0) is 15.7. The average Bonchev–Trinajstić information content (AvgIpc) is 2.44. The number of benzene rings is 1. The first-order valence-electron chi connectivity index (χ1n) is 7.93. The standard InChI is InChI=1S/C18H28O3/c1-14(2)6-4-5-7-15(3)12-13-21-17-10-8-16(9-11-17)18(19)20/h8-11,14-15H,4-7,12-13H2,1-3H3,(H,19,20)/p-1/t15-/m0/s1. The number of ether oxygens (including phenoxy) is 1. The van der Waals surface area contributed by atoms with Crippen molar-refractivity contribution in [1.82, 2.24) is 0 Å². The molecule has 0 fully saturated rings. The number of rotatable bonds is 10. The Morgan fingerprint density at radius 2 is 1.67 bits per heavy atom. The van der Waals surface area contributed by atoms with E-state index >= 15 is 0 Å². The van der Waals surface area contributed by atoms with Crippen LogP contribution in [0.2, 0.25) is 0 Å². The number of carbonyl (C=O) groups is 1. The van der Waals surface area contributed by atoms with Gasteiger partial charge in [-0.2, -0.15) is 0 Å². The van der Waals surface area contributed by atoms with Crippen molar-refractivity contribution in [3.63, 3.8) is 0 Å². The molecule has 0 saturated carbocycles. The number of hydrogen-bond donors (Lipinski definition) is 0. The van der Waals surface area contributed by atoms with E-state index in [1.165, 1.54) is 37.8 Å². The SMILES string of the molecule is CC(C)CCCC[C@H](C)CCOc1ccc(C(=O)[O-])cc1. The summed E-state index contributed by atoms with van der Waals surface area (Å²) < 4.78 is 5.64. The third-order valence-corrected chi connectivity index (χ3v) is 3.70. The van der Waals surface area contributed by atoms with Gasteiger partial charge in [-0.1, -0.05) is 46.5 Å². The molecule has 3 heteroatoms. The first-order chi connectivity index (χ1) is 9.99. The van der Waals surface area contributed by atoms with E-state index in [1.807, 2.05) is 0 Å². The number of carbonyl (C=O) groups excluding carboxylic acids is 1. The van der Waals surface area contributed by atoms with E-state index in [0.29, 0.717) is 18.3 Å². The third-order valence-electron chi connectivity index (χ3n) is 3.70. The largest absolute Gasteiger partial charge is 0.545 e. The van der Waals surface area contributed by atoms with Gasteiger partial charge < -0.3 is 14.6 Å². The van der Waals surface area contributed by atoms with Crippen molar-refractivity contribution in [3.05, 3.63) is 29.8 Å². The van der Waals surface area contributed by atoms with Crippen LogP contribution in [0.5, 0.6) is 5.75 Å². The van der Waals surface area contributed by atoms with Crippen LogP contribution in [0.25, 0.3) is 0 Å². The Hall–Kier alpha value is -1.51. The lowest BCUT2D eigenvalue weighted by atomic mass is 9.98. The van der Waals surface area contributed by atoms with Gasteiger partial charge in [-0.3, -0.25) is 0 Å². The minimum absolute atomic E-state index is 0.181. The van der Waals surface area contributed by atoms with Crippen molar-refractivity contribution < 1.29 is 14.6 Å². The van der Waals surface area contributed by atoms with E-state index < -0.39 is 5.97 Å². The highest BCUT2D eigenvalue weighted by Crippen LogP contribution is 2.17. The summed E-state index contributed by atoms with van der Waals surface area (Å²) >= 11 is 0. The Morgan fingerprint density at radius 3 is 2.24 bits per heavy atom. The second-order valence-corrected chi connectivity index (χ2v) is 6.23. The van der Waals surface area contributed by atoms with Gasteiger partial charge in [0.15, 0.2) is 0 Å². The van der Waals surface area contributed by atoms with Gasteiger partial charge in [0.2, 0.25) is 0 Å². The Bertz CT molecular complexity index is 409. The molecule has 0 spiro atoms. The molecule has 0 heterocycles. The number of carboxylic acid groups (broad SMARTS) is 1. The van der Waals surface area contributed by atoms with Crippen molar-refractivity contribution in [2.24, 2.45) is 11.8 Å². The molecular formula is C18H27O3-. The van der Waals surface area contributed by atoms with Crippen LogP contribution >= 0.6 is 0 Å². The van der Waals surface area contributed by atoms with Crippen molar-refractivity contribution >= 4 is 5.97 Å². The van der Waals surface area contributed by atoms with Crippen LogP contribution in [0.4, 0.5) is 0 Å². The molecule has 0 radical (unpaired) electrons. The molecule has 0 saturated heterocycles. The molecule has 0 aliphatic heterocycles. The summed E-state index contributed by atoms with van der Waals surface area (Å²) in [6, 6.07) is 6.39. The molecule has 21 heavy (non-hydrogen) atoms. The van der Waals surface area contributed by atoms with Gasteiger partial charge in [0.05, 0.1) is 12.6 Å². The molecule has 1 atom stereocenters. The number of aromatic carboxylic acids is 1. The van der Waals surface area contributed by atoms with Crippen LogP contribution in [-0.4, -0.2) is 12.6 Å². The van der Waals surface area contributed by atoms with Crippen molar-refractivity contribution in [2.75, 3.05) is 6.61 Å². The minimum atomic E-state index is -1.16. The summed E-state index contributed by atoms with van der Waals surface area (Å²) in [5.41, 5.74) is 0.181. The lowest BCUT2D eigenvalue weighted by Gasteiger charge is -2.13. The lowest BCUT2D eigenvalue weighted by Crippen LogP contribution is -2.21. The molecule has 1 aromatic rings. The highest BCUT2D eigenvalue weighted by atomic mass is 16.5. The van der Waals surface area contributed by atoms with Crippen LogP contribution in [0.15, 0.2) is 24.3 Å². The second-order valence-electron chi connectivity index (χ2n) is 6.23. The molecule has 0 unspecified atom stereocenters. The highest BCUT2D eigenvalue weighted by molar-refractivity contribution is 5.85. The Balaban J connectivity index is 2.16. The summed E-state index contributed by atoms with van der Waals surface area (Å²) in [5.74, 6) is 1.02. The van der Waals surface area contributed by atoms with Crippen LogP contribution in [0.1, 0.15) is 63.2 Å². The zero-order valence-electron chi connectivity index (χ0n) is 13.4. The molecule has 0 aliphatic rings. The van der Waals surface area contributed by atoms with Gasteiger partial charge in [-0.05, 0) is 48.1 Å². The summed E-state index contributed by atoms with van der Waals surface area (Å²) in [6.45, 7) is 7.47. The van der Waals surface area contributed by atoms with Crippen LogP contribution in [0.3, 0.4) is 0 Å². The summed E-state index contributed by atoms with van der Waals surface area (Å²) in [7, 11) is 0. The summed E-state index contributed by atoms with van der Waals surface area (Å²) in [6.07, 6.45) is 6.20. The molecule has 3 nitrogen and oxygen atoms in total. The van der Waals surface area contributed by atoms with Gasteiger partial charge in [-0.25, -0.2) is 0 Å². The average molecular weight is 291 g/mol. The zero-order valence-corrected chi connectivity index (χ0v) is 13.4. The number of unbranched alkanes of at least 4 members (excludes halogenated alkanes) is 1. The van der Waals surface area contributed by atoms with E-state index in [0.717, 1.165) is 12.3 Å². The summed E-state index contributed by atoms with van der Waals surface area (Å²) in [5, 5.41) is 10.6. The number of carboxylic acids is 1. The highest BCUT2D eigenvalue weighted by Gasteiger charge is 2.04. The fourth-order valence-electron chi connectivity index (χ4n) is 2.25. The quantitative estimate of drug-likeness (QED) is 0.618. The van der Waals surface area contributed by atoms with Gasteiger partial charge in [0, 0.05) is 0 Å². The first kappa shape index (κ1) is 17.5. The van der Waals surface area contributed by atoms with E-state index in [2.05, 4.69) is 20.8 Å². The third kappa shape index (κ3) is 7.74. The minimum Gasteiger partial charge on any atom is -0.545 e. The fraction of sp³-hybridized carbons (Fsp3) is 0.611. The Morgan fingerprint density at radius 1 is 1.05 bits per heavy atom. The monoisotopic (exact) mass is 291 g/mol. The molecule has 0 amide bonds. The van der Waals surface area contributed by atoms with Gasteiger partial charge in [0.25, 0.3) is 0 Å². The molecule has 118 valence electrons. The van der Waals surface area contributed by atoms with E-state index in [4.69, 9.17) is 4.74 Å². The fourth-order valence-corrected chi connectivity index (χ4v) is 2.25. The van der Waals surface area contributed by atoms with Crippen LogP contribution in [0, 0.1) is 11.8 Å². The van der Waals surface area contributed by atoms with Crippen LogP contribution < -0.4 is 9.84 Å². The van der Waals surface area contributed by atoms with Gasteiger partial charge in [0.1, 0.15) is 5.75 Å². The molecule has 0 aromatic heterocycles. The molecule has 1 aromatic carbocycles. The maximum atomic E-state index is 10.6. The maximum Gasteiger partial charge on any atom is 0.119 e. The smallest absolute Gasteiger partial charge is 0.119 e. The topological polar surface area (TPSA) is 49.4 Å². The van der Waals surface area contributed by atoms with Crippen molar-refractivity contribution in [1.29, 1.82) is 0 Å². The van der Waals surface area contributed by atoms with Gasteiger partial charge >= 0.3 is 0 Å². The molecule has 0 N–H and O–H groups in total. The van der Waals surface area contributed by atoms with Crippen LogP contribution in [-0.2, 0) is 0 Å². The molecular weight excluding hydrogens is 264 g/mol.